The smallest absolute Gasteiger partial charge is 0.159 e. The van der Waals surface area contributed by atoms with Crippen molar-refractivity contribution >= 4 is 0 Å². The lowest BCUT2D eigenvalue weighted by Crippen LogP contribution is -2.44. The molecule has 0 amide bonds. The summed E-state index contributed by atoms with van der Waals surface area (Å²) in [5.41, 5.74) is 1.10. The van der Waals surface area contributed by atoms with Crippen LogP contribution in [0.15, 0.2) is 43.0 Å². The van der Waals surface area contributed by atoms with E-state index in [9.17, 15) is 0 Å². The predicted molar refractivity (Wildman–Crippen MR) is 97.6 cm³/mol. The molecule has 1 unspecified atom stereocenters. The average Bonchev–Trinajstić information content (AvgIpc) is 3.42. The molecule has 5 rings (SSSR count). The van der Waals surface area contributed by atoms with Crippen molar-refractivity contribution in [1.29, 1.82) is 0 Å². The normalized spacial score (nSPS) is 22.4. The first-order valence-corrected chi connectivity index (χ1v) is 9.43. The largest absolute Gasteiger partial charge is 0.364 e. The van der Waals surface area contributed by atoms with Crippen LogP contribution >= 0.6 is 0 Å². The Kier molecular flexibility index (Phi) is 4.21. The van der Waals surface area contributed by atoms with Crippen LogP contribution in [0.1, 0.15) is 23.6 Å². The zero-order valence-corrected chi connectivity index (χ0v) is 15.2. The molecular formula is C19H23N7O. The molecule has 0 saturated carbocycles. The highest BCUT2D eigenvalue weighted by molar-refractivity contribution is 5.10. The van der Waals surface area contributed by atoms with Crippen molar-refractivity contribution in [2.45, 2.75) is 44.7 Å². The van der Waals surface area contributed by atoms with Gasteiger partial charge in [-0.2, -0.15) is 5.10 Å². The lowest BCUT2D eigenvalue weighted by molar-refractivity contribution is -0.0831. The van der Waals surface area contributed by atoms with Gasteiger partial charge in [-0.25, -0.2) is 0 Å². The van der Waals surface area contributed by atoms with E-state index in [1.807, 2.05) is 35.4 Å². The minimum absolute atomic E-state index is 0.141. The van der Waals surface area contributed by atoms with Gasteiger partial charge in [0.2, 0.25) is 0 Å². The number of ether oxygens (including phenoxy) is 1. The van der Waals surface area contributed by atoms with Gasteiger partial charge in [0, 0.05) is 57.4 Å². The highest BCUT2D eigenvalue weighted by Gasteiger charge is 2.43. The molecule has 5 heterocycles. The number of likely N-dealkylation sites (tertiary alicyclic amines) is 1. The molecule has 2 aliphatic rings. The van der Waals surface area contributed by atoms with Gasteiger partial charge in [-0.1, -0.05) is 6.07 Å². The van der Waals surface area contributed by atoms with Gasteiger partial charge in [0.15, 0.2) is 5.82 Å². The molecule has 1 fully saturated rings. The second-order valence-corrected chi connectivity index (χ2v) is 7.43. The number of hydrogen-bond donors (Lipinski definition) is 0. The predicted octanol–water partition coefficient (Wildman–Crippen LogP) is 1.29. The van der Waals surface area contributed by atoms with Crippen molar-refractivity contribution < 1.29 is 4.74 Å². The number of aryl methyl sites for hydroxylation is 2. The van der Waals surface area contributed by atoms with Crippen molar-refractivity contribution in [3.63, 3.8) is 0 Å². The van der Waals surface area contributed by atoms with Crippen molar-refractivity contribution in [3.05, 3.63) is 60.2 Å². The molecule has 3 aromatic rings. The molecular weight excluding hydrogens is 342 g/mol. The van der Waals surface area contributed by atoms with Gasteiger partial charge in [0.05, 0.1) is 6.54 Å². The standard InChI is InChI=1S/C19H23N7O/c1-3-16(11-20-6-1)12-24-10-5-19(14-24)15-26-17(22-23-18(26)13-27-19)4-9-25-8-2-7-21-25/h1-3,6-8,11H,4-5,9-10,12-15H2. The molecule has 8 nitrogen and oxygen atoms in total. The van der Waals surface area contributed by atoms with Gasteiger partial charge in [0.1, 0.15) is 18.0 Å². The van der Waals surface area contributed by atoms with E-state index in [1.54, 1.807) is 6.20 Å². The maximum atomic E-state index is 6.29. The summed E-state index contributed by atoms with van der Waals surface area (Å²) < 4.78 is 10.5. The van der Waals surface area contributed by atoms with Crippen LogP contribution in [0.2, 0.25) is 0 Å². The topological polar surface area (TPSA) is 73.9 Å². The molecule has 0 aliphatic carbocycles. The summed E-state index contributed by atoms with van der Waals surface area (Å²) in [6, 6.07) is 6.07. The summed E-state index contributed by atoms with van der Waals surface area (Å²) in [5.74, 6) is 1.95. The number of nitrogens with zero attached hydrogens (tertiary/aromatic N) is 7. The Balaban J connectivity index is 1.27. The first kappa shape index (κ1) is 16.6. The van der Waals surface area contributed by atoms with Crippen molar-refractivity contribution in [2.24, 2.45) is 0 Å². The zero-order chi connectivity index (χ0) is 18.1. The van der Waals surface area contributed by atoms with Crippen molar-refractivity contribution in [3.8, 4) is 0 Å². The molecule has 0 aromatic carbocycles. The van der Waals surface area contributed by atoms with Crippen LogP contribution in [0.3, 0.4) is 0 Å². The molecule has 3 aromatic heterocycles. The van der Waals surface area contributed by atoms with Gasteiger partial charge in [0.25, 0.3) is 0 Å². The highest BCUT2D eigenvalue weighted by Crippen LogP contribution is 2.33. The monoisotopic (exact) mass is 365 g/mol. The first-order chi connectivity index (χ1) is 13.3. The SMILES string of the molecule is c1cncc(CN2CCC3(C2)Cn2c(CCn4cccn4)nnc2CO3)c1. The Bertz CT molecular complexity index is 892. The van der Waals surface area contributed by atoms with E-state index in [2.05, 4.69) is 35.8 Å². The fourth-order valence-corrected chi connectivity index (χ4v) is 4.10. The summed E-state index contributed by atoms with van der Waals surface area (Å²) in [6.07, 6.45) is 9.39. The van der Waals surface area contributed by atoms with Crippen LogP contribution in [0.4, 0.5) is 0 Å². The number of hydrogen-bond acceptors (Lipinski definition) is 6. The van der Waals surface area contributed by atoms with E-state index in [1.165, 1.54) is 5.56 Å². The van der Waals surface area contributed by atoms with Gasteiger partial charge < -0.3 is 9.30 Å². The second kappa shape index (κ2) is 6.86. The molecule has 1 saturated heterocycles. The lowest BCUT2D eigenvalue weighted by atomic mass is 10.0. The first-order valence-electron chi connectivity index (χ1n) is 9.43. The third-order valence-corrected chi connectivity index (χ3v) is 5.51. The van der Waals surface area contributed by atoms with Crippen LogP contribution < -0.4 is 0 Å². The van der Waals surface area contributed by atoms with Gasteiger partial charge >= 0.3 is 0 Å². The van der Waals surface area contributed by atoms with Crippen LogP contribution in [0.25, 0.3) is 0 Å². The van der Waals surface area contributed by atoms with Gasteiger partial charge in [-0.3, -0.25) is 14.6 Å². The Hall–Kier alpha value is -2.58. The summed E-state index contributed by atoms with van der Waals surface area (Å²) in [5, 5.41) is 13.0. The molecule has 0 bridgehead atoms. The molecule has 1 atom stereocenters. The molecule has 140 valence electrons. The Labute approximate surface area is 157 Å². The minimum atomic E-state index is -0.141. The number of rotatable bonds is 5. The fraction of sp³-hybridized carbons (Fsp3) is 0.474. The Morgan fingerprint density at radius 3 is 3.00 bits per heavy atom. The molecule has 27 heavy (non-hydrogen) atoms. The third kappa shape index (κ3) is 3.38. The minimum Gasteiger partial charge on any atom is -0.364 e. The zero-order valence-electron chi connectivity index (χ0n) is 15.2. The van der Waals surface area contributed by atoms with E-state index in [-0.39, 0.29) is 5.60 Å². The van der Waals surface area contributed by atoms with E-state index in [4.69, 9.17) is 4.74 Å². The molecule has 0 radical (unpaired) electrons. The molecule has 1 spiro atoms. The van der Waals surface area contributed by atoms with Crippen LogP contribution in [-0.4, -0.2) is 53.1 Å². The van der Waals surface area contributed by atoms with E-state index < -0.39 is 0 Å². The highest BCUT2D eigenvalue weighted by atomic mass is 16.5. The average molecular weight is 365 g/mol. The van der Waals surface area contributed by atoms with E-state index in [0.29, 0.717) is 6.61 Å². The second-order valence-electron chi connectivity index (χ2n) is 7.43. The van der Waals surface area contributed by atoms with Crippen LogP contribution in [-0.2, 0) is 37.4 Å². The Morgan fingerprint density at radius 2 is 2.15 bits per heavy atom. The van der Waals surface area contributed by atoms with Crippen LogP contribution in [0, 0.1) is 0 Å². The van der Waals surface area contributed by atoms with Crippen molar-refractivity contribution in [2.75, 3.05) is 13.1 Å². The van der Waals surface area contributed by atoms with Gasteiger partial charge in [-0.05, 0) is 24.1 Å². The maximum absolute atomic E-state index is 6.29. The van der Waals surface area contributed by atoms with Crippen molar-refractivity contribution in [1.82, 2.24) is 34.4 Å². The number of aromatic nitrogens is 6. The molecule has 8 heteroatoms. The number of fused-ring (bicyclic) bond motifs is 1. The van der Waals surface area contributed by atoms with E-state index in [0.717, 1.165) is 57.2 Å². The van der Waals surface area contributed by atoms with Crippen LogP contribution in [0.5, 0.6) is 0 Å². The van der Waals surface area contributed by atoms with Gasteiger partial charge in [-0.15, -0.1) is 10.2 Å². The summed E-state index contributed by atoms with van der Waals surface area (Å²) in [7, 11) is 0. The van der Waals surface area contributed by atoms with E-state index >= 15 is 0 Å². The lowest BCUT2D eigenvalue weighted by Gasteiger charge is -2.34. The molecule has 2 aliphatic heterocycles. The summed E-state index contributed by atoms with van der Waals surface area (Å²) in [4.78, 5) is 6.68. The molecule has 0 N–H and O–H groups in total. The third-order valence-electron chi connectivity index (χ3n) is 5.51. The quantitative estimate of drug-likeness (QED) is 0.678. The maximum Gasteiger partial charge on any atom is 0.159 e. The fourth-order valence-electron chi connectivity index (χ4n) is 4.10. The number of pyridine rings is 1. The Morgan fingerprint density at radius 1 is 1.15 bits per heavy atom. The summed E-state index contributed by atoms with van der Waals surface area (Å²) >= 11 is 0. The summed E-state index contributed by atoms with van der Waals surface area (Å²) in [6.45, 7) is 5.06.